The van der Waals surface area contributed by atoms with Crippen LogP contribution in [0, 0.1) is 0 Å². The smallest absolute Gasteiger partial charge is 0.295 e. The topological polar surface area (TPSA) is 149 Å². The predicted molar refractivity (Wildman–Crippen MR) is 80.6 cm³/mol. The molecule has 0 unspecified atom stereocenters. The van der Waals surface area contributed by atoms with Crippen LogP contribution in [-0.2, 0) is 0 Å². The first-order valence-corrected chi connectivity index (χ1v) is 6.83. The van der Waals surface area contributed by atoms with E-state index in [2.05, 4.69) is 30.8 Å². The zero-order chi connectivity index (χ0) is 17.1. The number of rotatable bonds is 3. The lowest BCUT2D eigenvalue weighted by Crippen LogP contribution is -2.42. The molecule has 10 nitrogen and oxygen atoms in total. The minimum absolute atomic E-state index is 0.0588. The Bertz CT molecular complexity index is 905. The number of nitrogens with zero attached hydrogens (tertiary/aromatic N) is 3. The van der Waals surface area contributed by atoms with Crippen molar-refractivity contribution >= 4 is 29.2 Å². The molecular formula is C13H9ClN6O4. The highest BCUT2D eigenvalue weighted by Crippen LogP contribution is 2.26. The van der Waals surface area contributed by atoms with E-state index in [9.17, 15) is 9.59 Å². The zero-order valence-electron chi connectivity index (χ0n) is 11.8. The van der Waals surface area contributed by atoms with Crippen LogP contribution in [0.2, 0.25) is 5.02 Å². The van der Waals surface area contributed by atoms with Gasteiger partial charge in [0.15, 0.2) is 5.69 Å². The number of carbonyl (C=O) groups excluding carboxylic acids is 2. The molecule has 3 rings (SSSR count). The van der Waals surface area contributed by atoms with E-state index in [-0.39, 0.29) is 23.1 Å². The van der Waals surface area contributed by atoms with Gasteiger partial charge in [-0.1, -0.05) is 23.7 Å². The average molecular weight is 349 g/mol. The molecule has 0 fully saturated rings. The van der Waals surface area contributed by atoms with Crippen LogP contribution in [0.15, 0.2) is 39.6 Å². The third-order valence-corrected chi connectivity index (χ3v) is 3.19. The van der Waals surface area contributed by atoms with Gasteiger partial charge in [0, 0.05) is 0 Å². The van der Waals surface area contributed by atoms with Crippen LogP contribution in [0.25, 0.3) is 11.5 Å². The monoisotopic (exact) mass is 348 g/mol. The van der Waals surface area contributed by atoms with E-state index in [1.54, 1.807) is 24.3 Å². The minimum atomic E-state index is -0.795. The van der Waals surface area contributed by atoms with Gasteiger partial charge in [0.25, 0.3) is 11.8 Å². The summed E-state index contributed by atoms with van der Waals surface area (Å²) in [4.78, 5) is 27.7. The van der Waals surface area contributed by atoms with E-state index in [1.165, 1.54) is 0 Å². The molecule has 0 saturated carbocycles. The molecule has 0 radical (unpaired) electrons. The summed E-state index contributed by atoms with van der Waals surface area (Å²) in [6.07, 6.45) is 1.13. The van der Waals surface area contributed by atoms with Gasteiger partial charge in [0.1, 0.15) is 6.26 Å². The molecule has 0 bridgehead atoms. The van der Waals surface area contributed by atoms with Crippen molar-refractivity contribution in [2.24, 2.45) is 0 Å². The molecule has 11 heteroatoms. The molecule has 0 aliphatic rings. The Kier molecular flexibility index (Phi) is 4.12. The van der Waals surface area contributed by atoms with E-state index in [1.807, 2.05) is 0 Å². The summed E-state index contributed by atoms with van der Waals surface area (Å²) >= 11 is 6.03. The van der Waals surface area contributed by atoms with E-state index >= 15 is 0 Å². The number of hydrogen-bond donors (Lipinski definition) is 3. The Labute approximate surface area is 138 Å². The van der Waals surface area contributed by atoms with Gasteiger partial charge in [-0.05, 0) is 22.4 Å². The number of oxazole rings is 1. The average Bonchev–Trinajstić information content (AvgIpc) is 3.22. The zero-order valence-corrected chi connectivity index (χ0v) is 12.6. The van der Waals surface area contributed by atoms with Crippen LogP contribution < -0.4 is 16.6 Å². The fourth-order valence-electron chi connectivity index (χ4n) is 1.73. The van der Waals surface area contributed by atoms with Crippen molar-refractivity contribution in [3.8, 4) is 11.5 Å². The maximum Gasteiger partial charge on any atom is 0.295 e. The van der Waals surface area contributed by atoms with E-state index in [0.717, 1.165) is 6.26 Å². The molecule has 0 aliphatic carbocycles. The third kappa shape index (κ3) is 3.03. The van der Waals surface area contributed by atoms with Crippen LogP contribution in [-0.4, -0.2) is 27.1 Å². The highest BCUT2D eigenvalue weighted by atomic mass is 35.5. The number of nitrogens with one attached hydrogen (secondary N) is 2. The second-order valence-electron chi connectivity index (χ2n) is 4.42. The van der Waals surface area contributed by atoms with Gasteiger partial charge < -0.3 is 10.2 Å². The fourth-order valence-corrected chi connectivity index (χ4v) is 1.94. The molecular weight excluding hydrogens is 340 g/mol. The number of halogens is 1. The van der Waals surface area contributed by atoms with E-state index < -0.39 is 11.8 Å². The van der Waals surface area contributed by atoms with Crippen LogP contribution >= 0.6 is 11.6 Å². The van der Waals surface area contributed by atoms with Gasteiger partial charge in [-0.3, -0.25) is 20.4 Å². The van der Waals surface area contributed by atoms with Crippen molar-refractivity contribution in [1.29, 1.82) is 0 Å². The summed E-state index contributed by atoms with van der Waals surface area (Å²) in [5.74, 6) is -1.54. The molecule has 0 saturated heterocycles. The SMILES string of the molecule is Nc1nonc1C(=O)NNC(=O)c1coc(-c2ccccc2Cl)n1. The second kappa shape index (κ2) is 6.38. The summed E-state index contributed by atoms with van der Waals surface area (Å²) in [5, 5.41) is 6.97. The molecule has 0 spiro atoms. The first-order valence-electron chi connectivity index (χ1n) is 6.45. The molecule has 0 aliphatic heterocycles. The summed E-state index contributed by atoms with van der Waals surface area (Å²) < 4.78 is 9.51. The maximum atomic E-state index is 12.0. The standard InChI is InChI=1S/C13H9ClN6O4/c14-7-4-2-1-3-6(7)13-16-8(5-23-13)11(21)17-18-12(22)9-10(15)20-24-19-9/h1-5H,(H2,15,20)(H,17,21)(H,18,22). The second-order valence-corrected chi connectivity index (χ2v) is 4.83. The number of amides is 2. The van der Waals surface area contributed by atoms with Gasteiger partial charge in [-0.25, -0.2) is 9.61 Å². The number of nitrogen functional groups attached to an aromatic ring is 1. The largest absolute Gasteiger partial charge is 0.444 e. The van der Waals surface area contributed by atoms with Crippen LogP contribution in [0.3, 0.4) is 0 Å². The van der Waals surface area contributed by atoms with Crippen LogP contribution in [0.1, 0.15) is 21.0 Å². The van der Waals surface area contributed by atoms with Gasteiger partial charge in [-0.2, -0.15) is 0 Å². The summed E-state index contributed by atoms with van der Waals surface area (Å²) in [6.45, 7) is 0. The van der Waals surface area contributed by atoms with Gasteiger partial charge in [0.2, 0.25) is 17.4 Å². The Morgan fingerprint density at radius 3 is 2.58 bits per heavy atom. The molecule has 1 aromatic carbocycles. The minimum Gasteiger partial charge on any atom is -0.444 e. The number of benzene rings is 1. The van der Waals surface area contributed by atoms with Crippen LogP contribution in [0.5, 0.6) is 0 Å². The van der Waals surface area contributed by atoms with Gasteiger partial charge >= 0.3 is 0 Å². The summed E-state index contributed by atoms with van der Waals surface area (Å²) in [5.41, 5.74) is 9.81. The van der Waals surface area contributed by atoms with Crippen molar-refractivity contribution < 1.29 is 18.6 Å². The lowest BCUT2D eigenvalue weighted by atomic mass is 10.2. The molecule has 2 amide bonds. The molecule has 4 N–H and O–H groups in total. The lowest BCUT2D eigenvalue weighted by molar-refractivity contribution is 0.0839. The van der Waals surface area contributed by atoms with E-state index in [0.29, 0.717) is 10.6 Å². The number of nitrogens with two attached hydrogens (primary N) is 1. The third-order valence-electron chi connectivity index (χ3n) is 2.86. The summed E-state index contributed by atoms with van der Waals surface area (Å²) in [7, 11) is 0. The maximum absolute atomic E-state index is 12.0. The van der Waals surface area contributed by atoms with Crippen molar-refractivity contribution in [3.63, 3.8) is 0 Å². The molecule has 122 valence electrons. The molecule has 2 aromatic heterocycles. The van der Waals surface area contributed by atoms with Crippen molar-refractivity contribution in [3.05, 3.63) is 46.9 Å². The van der Waals surface area contributed by atoms with Crippen molar-refractivity contribution in [2.45, 2.75) is 0 Å². The summed E-state index contributed by atoms with van der Waals surface area (Å²) in [6, 6.07) is 6.86. The molecule has 24 heavy (non-hydrogen) atoms. The van der Waals surface area contributed by atoms with Crippen molar-refractivity contribution in [1.82, 2.24) is 26.1 Å². The van der Waals surface area contributed by atoms with Gasteiger partial charge in [-0.15, -0.1) is 0 Å². The number of hydrogen-bond acceptors (Lipinski definition) is 8. The molecule has 2 heterocycles. The molecule has 3 aromatic rings. The Balaban J connectivity index is 1.67. The normalized spacial score (nSPS) is 10.4. The first kappa shape index (κ1) is 15.5. The number of hydrazine groups is 1. The fraction of sp³-hybridized carbons (Fsp3) is 0. The first-order chi connectivity index (χ1) is 11.6. The Hall–Kier alpha value is -3.40. The number of carbonyl (C=O) groups is 2. The number of aromatic nitrogens is 3. The Morgan fingerprint density at radius 1 is 1.12 bits per heavy atom. The predicted octanol–water partition coefficient (Wildman–Crippen LogP) is 1.03. The highest BCUT2D eigenvalue weighted by Gasteiger charge is 2.19. The van der Waals surface area contributed by atoms with E-state index in [4.69, 9.17) is 21.8 Å². The number of anilines is 1. The Morgan fingerprint density at radius 2 is 1.88 bits per heavy atom. The molecule has 0 atom stereocenters. The van der Waals surface area contributed by atoms with Crippen LogP contribution in [0.4, 0.5) is 5.82 Å². The quantitative estimate of drug-likeness (QED) is 0.594. The van der Waals surface area contributed by atoms with Crippen molar-refractivity contribution in [2.75, 3.05) is 5.73 Å². The lowest BCUT2D eigenvalue weighted by Gasteiger charge is -2.03. The van der Waals surface area contributed by atoms with Gasteiger partial charge in [0.05, 0.1) is 10.6 Å². The highest BCUT2D eigenvalue weighted by molar-refractivity contribution is 6.33.